The van der Waals surface area contributed by atoms with E-state index < -0.39 is 6.04 Å². The highest BCUT2D eigenvalue weighted by Gasteiger charge is 2.24. The van der Waals surface area contributed by atoms with Crippen molar-refractivity contribution in [3.8, 4) is 0 Å². The first-order chi connectivity index (χ1) is 22.6. The Morgan fingerprint density at radius 1 is 0.804 bits per heavy atom. The number of nitrogens with one attached hydrogen (secondary N) is 3. The van der Waals surface area contributed by atoms with Crippen LogP contribution in [0.5, 0.6) is 0 Å². The van der Waals surface area contributed by atoms with Gasteiger partial charge in [-0.3, -0.25) is 9.80 Å². The zero-order valence-electron chi connectivity index (χ0n) is 25.8. The van der Waals surface area contributed by atoms with Gasteiger partial charge in [-0.2, -0.15) is 0 Å². The smallest absolute Gasteiger partial charge is 0.177 e. The third-order valence-electron chi connectivity index (χ3n) is 8.33. The summed E-state index contributed by atoms with van der Waals surface area (Å²) < 4.78 is 14.6. The summed E-state index contributed by atoms with van der Waals surface area (Å²) in [6.07, 6.45) is 5.58. The molecule has 0 bridgehead atoms. The fourth-order valence-corrected chi connectivity index (χ4v) is 5.81. The normalized spacial score (nSPS) is 20.6. The lowest BCUT2D eigenvalue weighted by Crippen LogP contribution is -2.40. The Morgan fingerprint density at radius 2 is 1.39 bits per heavy atom. The van der Waals surface area contributed by atoms with Gasteiger partial charge in [0.05, 0.1) is 49.2 Å². The monoisotopic (exact) mass is 627 g/mol. The molecule has 4 aromatic heterocycles. The van der Waals surface area contributed by atoms with Crippen LogP contribution < -0.4 is 27.4 Å². The van der Waals surface area contributed by atoms with Crippen LogP contribution in [0.4, 0.5) is 23.0 Å². The average molecular weight is 628 g/mol. The maximum Gasteiger partial charge on any atom is 0.177 e. The van der Waals surface area contributed by atoms with Crippen LogP contribution in [-0.4, -0.2) is 126 Å². The first-order valence-corrected chi connectivity index (χ1v) is 15.8. The Morgan fingerprint density at radius 3 is 2.07 bits per heavy atom. The molecule has 7 heterocycles. The molecule has 1 atom stereocenters. The molecule has 3 aliphatic rings. The molecule has 242 valence electrons. The van der Waals surface area contributed by atoms with Crippen molar-refractivity contribution in [2.24, 2.45) is 21.5 Å². The van der Waals surface area contributed by atoms with E-state index in [0.29, 0.717) is 41.2 Å². The first kappa shape index (κ1) is 30.1. The van der Waals surface area contributed by atoms with E-state index in [-0.39, 0.29) is 0 Å². The summed E-state index contributed by atoms with van der Waals surface area (Å²) in [6, 6.07) is 11.2. The fourth-order valence-electron chi connectivity index (χ4n) is 5.81. The van der Waals surface area contributed by atoms with Gasteiger partial charge >= 0.3 is 0 Å². The molecule has 7 rings (SSSR count). The summed E-state index contributed by atoms with van der Waals surface area (Å²) >= 11 is 0. The Labute approximate surface area is 266 Å². The van der Waals surface area contributed by atoms with E-state index in [9.17, 15) is 0 Å². The lowest BCUT2D eigenvalue weighted by molar-refractivity contribution is 0.0398. The number of dihydropyridines is 1. The van der Waals surface area contributed by atoms with Crippen molar-refractivity contribution < 1.29 is 9.47 Å². The maximum atomic E-state index is 6.56. The molecule has 0 saturated carbocycles. The summed E-state index contributed by atoms with van der Waals surface area (Å²) in [4.78, 5) is 14.6. The average Bonchev–Trinajstić information content (AvgIpc) is 3.61. The van der Waals surface area contributed by atoms with Gasteiger partial charge < -0.3 is 36.9 Å². The minimum absolute atomic E-state index is 0.359. The summed E-state index contributed by atoms with van der Waals surface area (Å²) in [6.45, 7) is 9.95. The Hall–Kier alpha value is -4.54. The first-order valence-electron chi connectivity index (χ1n) is 15.8. The zero-order chi connectivity index (χ0) is 31.3. The van der Waals surface area contributed by atoms with E-state index in [0.717, 1.165) is 89.0 Å². The lowest BCUT2D eigenvalue weighted by atomic mass is 10.1. The van der Waals surface area contributed by atoms with E-state index >= 15 is 0 Å². The van der Waals surface area contributed by atoms with Crippen molar-refractivity contribution in [2.75, 3.05) is 94.7 Å². The number of aliphatic imine (C=N–C) groups is 2. The van der Waals surface area contributed by atoms with Crippen molar-refractivity contribution in [1.82, 2.24) is 29.0 Å². The standard InChI is InChI=1S/C31H41N13O2/c32-22-21-23(33)29(37-27-25-6-2-4-10-44(25)40-31(27)35-8-12-42-15-19-46-20-16-42)38-28(22)36-26-24-5-1-3-9-43(24)39-30(26)34-7-11-41-13-17-45-18-14-41/h1-6,9-10,21-22H,7-8,11-20,32-33H2,(H,34,39)(H,35,40)(H,36,37,38). The van der Waals surface area contributed by atoms with Crippen LogP contribution in [0.25, 0.3) is 11.0 Å². The molecule has 4 aromatic rings. The molecule has 1 unspecified atom stereocenters. The van der Waals surface area contributed by atoms with Crippen LogP contribution in [-0.2, 0) is 9.47 Å². The summed E-state index contributed by atoms with van der Waals surface area (Å²) in [7, 11) is 0. The van der Waals surface area contributed by atoms with E-state index in [1.807, 2.05) is 57.8 Å². The van der Waals surface area contributed by atoms with Gasteiger partial charge in [-0.25, -0.2) is 19.0 Å². The minimum atomic E-state index is -0.561. The molecule has 2 saturated heterocycles. The van der Waals surface area contributed by atoms with Crippen LogP contribution in [0.2, 0.25) is 0 Å². The molecule has 15 nitrogen and oxygen atoms in total. The lowest BCUT2D eigenvalue weighted by Gasteiger charge is -2.26. The minimum Gasteiger partial charge on any atom is -0.396 e. The van der Waals surface area contributed by atoms with E-state index in [1.54, 1.807) is 6.08 Å². The van der Waals surface area contributed by atoms with Gasteiger partial charge in [-0.05, 0) is 30.3 Å². The molecule has 3 aliphatic heterocycles. The highest BCUT2D eigenvalue weighted by Crippen LogP contribution is 2.31. The quantitative estimate of drug-likeness (QED) is 0.171. The number of nitrogens with zero attached hydrogens (tertiary/aromatic N) is 8. The predicted octanol–water partition coefficient (Wildman–Crippen LogP) is 1.19. The Bertz CT molecular complexity index is 1750. The molecule has 0 amide bonds. The molecule has 46 heavy (non-hydrogen) atoms. The second-order valence-corrected chi connectivity index (χ2v) is 11.4. The van der Waals surface area contributed by atoms with E-state index in [2.05, 4.69) is 25.8 Å². The number of morpholine rings is 2. The fraction of sp³-hybridized carbons (Fsp3) is 0.419. The van der Waals surface area contributed by atoms with Crippen molar-refractivity contribution in [2.45, 2.75) is 6.04 Å². The Kier molecular flexibility index (Phi) is 9.07. The molecular weight excluding hydrogens is 586 g/mol. The predicted molar refractivity (Wildman–Crippen MR) is 180 cm³/mol. The van der Waals surface area contributed by atoms with Crippen LogP contribution >= 0.6 is 0 Å². The number of anilines is 3. The number of hydrogen-bond donors (Lipinski definition) is 5. The summed E-state index contributed by atoms with van der Waals surface area (Å²) in [5.41, 5.74) is 16.6. The number of ether oxygens (including phenoxy) is 2. The number of pyridine rings is 2. The van der Waals surface area contributed by atoms with Crippen molar-refractivity contribution >= 4 is 45.7 Å². The van der Waals surface area contributed by atoms with Crippen molar-refractivity contribution in [1.29, 1.82) is 0 Å². The number of hydrogen-bond acceptors (Lipinski definition) is 12. The highest BCUT2D eigenvalue weighted by atomic mass is 16.5. The number of amidine groups is 2. The van der Waals surface area contributed by atoms with Gasteiger partial charge in [0.25, 0.3) is 0 Å². The van der Waals surface area contributed by atoms with Gasteiger partial charge in [0.1, 0.15) is 17.2 Å². The van der Waals surface area contributed by atoms with Crippen LogP contribution in [0.15, 0.2) is 70.5 Å². The van der Waals surface area contributed by atoms with Crippen molar-refractivity contribution in [3.05, 3.63) is 60.6 Å². The summed E-state index contributed by atoms with van der Waals surface area (Å²) in [5.74, 6) is 2.25. The maximum absolute atomic E-state index is 6.56. The molecule has 7 N–H and O–H groups in total. The molecule has 0 aromatic carbocycles. The molecule has 2 fully saturated rings. The summed E-state index contributed by atoms with van der Waals surface area (Å²) in [5, 5.41) is 20.0. The van der Waals surface area contributed by atoms with Crippen molar-refractivity contribution in [3.63, 3.8) is 0 Å². The number of aromatic nitrogens is 4. The number of fused-ring (bicyclic) bond motifs is 2. The zero-order valence-corrected chi connectivity index (χ0v) is 25.8. The van der Waals surface area contributed by atoms with E-state index in [4.69, 9.17) is 41.1 Å². The Balaban J connectivity index is 1.15. The second-order valence-electron chi connectivity index (χ2n) is 11.4. The van der Waals surface area contributed by atoms with Gasteiger partial charge in [0, 0.05) is 64.8 Å². The molecule has 15 heteroatoms. The number of rotatable bonds is 10. The van der Waals surface area contributed by atoms with Crippen LogP contribution in [0, 0.1) is 0 Å². The van der Waals surface area contributed by atoms with Gasteiger partial charge in [-0.15, -0.1) is 10.2 Å². The molecule has 0 radical (unpaired) electrons. The highest BCUT2D eigenvalue weighted by molar-refractivity contribution is 6.17. The second kappa shape index (κ2) is 13.8. The third kappa shape index (κ3) is 6.68. The van der Waals surface area contributed by atoms with Crippen LogP contribution in [0.3, 0.4) is 0 Å². The SMILES string of the molecule is NC1=CC(N)C(Nc2c(NCCN3CCOCC3)nn3ccccc23)=NC1=Nc1c(NCCN2CCOCC2)nn2ccccc12. The topological polar surface area (TPSA) is 172 Å². The number of nitrogens with two attached hydrogens (primary N) is 2. The van der Waals surface area contributed by atoms with Gasteiger partial charge in [-0.1, -0.05) is 12.1 Å². The van der Waals surface area contributed by atoms with Gasteiger partial charge in [0.2, 0.25) is 0 Å². The molecular formula is C31H41N13O2. The third-order valence-corrected chi connectivity index (χ3v) is 8.33. The van der Waals surface area contributed by atoms with Crippen LogP contribution in [0.1, 0.15) is 0 Å². The van der Waals surface area contributed by atoms with E-state index in [1.165, 1.54) is 0 Å². The molecule has 0 aliphatic carbocycles. The van der Waals surface area contributed by atoms with Gasteiger partial charge in [0.15, 0.2) is 17.5 Å². The molecule has 0 spiro atoms. The largest absolute Gasteiger partial charge is 0.396 e.